The molecule has 2 N–H and O–H groups in total. The second-order valence-corrected chi connectivity index (χ2v) is 9.70. The van der Waals surface area contributed by atoms with Crippen molar-refractivity contribution in [2.45, 2.75) is 0 Å². The van der Waals surface area contributed by atoms with Gasteiger partial charge in [0.2, 0.25) is 0 Å². The van der Waals surface area contributed by atoms with Crippen molar-refractivity contribution in [3.8, 4) is 6.07 Å². The SMILES string of the molecule is N#Cc1ccc2[nH]c(C(=O)N3CC4C(C3)[C@@H]3CN(C(=O)c5ccc6n[nH]nc6c5)C[C@H]43)cc2c1.[HH].[HH]. The molecule has 7 rings (SSSR count). The maximum atomic E-state index is 13.2. The molecule has 3 aliphatic rings. The molecule has 2 aliphatic heterocycles. The van der Waals surface area contributed by atoms with Crippen LogP contribution < -0.4 is 0 Å². The summed E-state index contributed by atoms with van der Waals surface area (Å²) < 4.78 is 0. The van der Waals surface area contributed by atoms with Gasteiger partial charge in [-0.2, -0.15) is 20.7 Å². The van der Waals surface area contributed by atoms with E-state index in [9.17, 15) is 9.59 Å². The number of nitrogens with zero attached hydrogens (tertiary/aromatic N) is 5. The zero-order valence-electron chi connectivity index (χ0n) is 18.2. The van der Waals surface area contributed by atoms with Crippen LogP contribution in [0.3, 0.4) is 0 Å². The normalized spacial score (nSPS) is 25.3. The first-order chi connectivity index (χ1) is 16.6. The topological polar surface area (TPSA) is 122 Å². The molecular formula is C25H25N7O2. The van der Waals surface area contributed by atoms with Crippen molar-refractivity contribution in [1.29, 1.82) is 5.26 Å². The van der Waals surface area contributed by atoms with E-state index in [-0.39, 0.29) is 14.7 Å². The zero-order chi connectivity index (χ0) is 23.0. The zero-order valence-corrected chi connectivity index (χ0v) is 18.2. The maximum Gasteiger partial charge on any atom is 0.270 e. The number of benzene rings is 2. The van der Waals surface area contributed by atoms with E-state index >= 15 is 0 Å². The Bertz CT molecular complexity index is 1520. The highest BCUT2D eigenvalue weighted by atomic mass is 16.2. The summed E-state index contributed by atoms with van der Waals surface area (Å²) in [6.45, 7) is 2.95. The molecule has 4 heterocycles. The predicted octanol–water partition coefficient (Wildman–Crippen LogP) is 2.89. The van der Waals surface area contributed by atoms with Crippen LogP contribution in [0, 0.1) is 35.0 Å². The summed E-state index contributed by atoms with van der Waals surface area (Å²) in [6.07, 6.45) is 0. The van der Waals surface area contributed by atoms with Crippen molar-refractivity contribution in [3.63, 3.8) is 0 Å². The van der Waals surface area contributed by atoms with E-state index in [1.54, 1.807) is 18.2 Å². The van der Waals surface area contributed by atoms with Crippen LogP contribution in [0.25, 0.3) is 21.9 Å². The Balaban J connectivity index is 0.00000133. The van der Waals surface area contributed by atoms with Gasteiger partial charge < -0.3 is 14.8 Å². The van der Waals surface area contributed by atoms with Crippen molar-refractivity contribution in [3.05, 3.63) is 59.3 Å². The summed E-state index contributed by atoms with van der Waals surface area (Å²) in [5, 5.41) is 20.7. The van der Waals surface area contributed by atoms with Crippen LogP contribution in [0.2, 0.25) is 0 Å². The first kappa shape index (κ1) is 19.3. The summed E-state index contributed by atoms with van der Waals surface area (Å²) in [5.74, 6) is 1.83. The van der Waals surface area contributed by atoms with Gasteiger partial charge in [-0.05, 0) is 66.1 Å². The van der Waals surface area contributed by atoms with Gasteiger partial charge in [-0.1, -0.05) is 0 Å². The molecule has 2 aromatic heterocycles. The number of aromatic amines is 2. The van der Waals surface area contributed by atoms with Crippen LogP contribution in [0.1, 0.15) is 29.3 Å². The molecular weight excluding hydrogens is 430 g/mol. The number of carbonyl (C=O) groups is 2. The summed E-state index contributed by atoms with van der Waals surface area (Å²) in [4.78, 5) is 33.4. The fourth-order valence-corrected chi connectivity index (χ4v) is 6.35. The van der Waals surface area contributed by atoms with Crippen LogP contribution in [-0.2, 0) is 0 Å². The van der Waals surface area contributed by atoms with E-state index in [4.69, 9.17) is 5.26 Å². The number of rotatable bonds is 2. The predicted molar refractivity (Wildman–Crippen MR) is 127 cm³/mol. The minimum Gasteiger partial charge on any atom is -0.351 e. The number of nitrogens with one attached hydrogen (secondary N) is 2. The average Bonchev–Trinajstić information content (AvgIpc) is 3.63. The minimum atomic E-state index is 0. The number of hydrogen-bond acceptors (Lipinski definition) is 5. The van der Waals surface area contributed by atoms with E-state index in [1.807, 2.05) is 34.1 Å². The Kier molecular flexibility index (Phi) is 3.92. The van der Waals surface area contributed by atoms with Crippen LogP contribution >= 0.6 is 0 Å². The molecule has 1 saturated carbocycles. The van der Waals surface area contributed by atoms with Crippen molar-refractivity contribution >= 4 is 33.8 Å². The molecule has 4 atom stereocenters. The molecule has 0 bridgehead atoms. The number of hydrogen-bond donors (Lipinski definition) is 2. The summed E-state index contributed by atoms with van der Waals surface area (Å²) in [5.41, 5.74) is 4.09. The molecule has 9 heteroatoms. The van der Waals surface area contributed by atoms with Crippen molar-refractivity contribution in [2.75, 3.05) is 26.2 Å². The van der Waals surface area contributed by atoms with E-state index < -0.39 is 0 Å². The lowest BCUT2D eigenvalue weighted by Crippen LogP contribution is -2.44. The van der Waals surface area contributed by atoms with Crippen LogP contribution in [0.5, 0.6) is 0 Å². The van der Waals surface area contributed by atoms with Gasteiger partial charge in [-0.15, -0.1) is 0 Å². The van der Waals surface area contributed by atoms with Gasteiger partial charge in [0, 0.05) is 45.5 Å². The second kappa shape index (κ2) is 6.90. The van der Waals surface area contributed by atoms with Crippen molar-refractivity contribution in [2.24, 2.45) is 23.7 Å². The highest BCUT2D eigenvalue weighted by Crippen LogP contribution is 2.54. The van der Waals surface area contributed by atoms with Gasteiger partial charge in [-0.3, -0.25) is 9.59 Å². The largest absolute Gasteiger partial charge is 0.351 e. The molecule has 4 aromatic rings. The number of amides is 2. The van der Waals surface area contributed by atoms with Crippen LogP contribution in [-0.4, -0.2) is 68.2 Å². The Labute approximate surface area is 197 Å². The van der Waals surface area contributed by atoms with E-state index in [1.165, 1.54) is 0 Å². The number of aromatic nitrogens is 4. The number of H-pyrrole nitrogens is 2. The highest BCUT2D eigenvalue weighted by molar-refractivity contribution is 5.99. The van der Waals surface area contributed by atoms with Crippen LogP contribution in [0.15, 0.2) is 42.5 Å². The first-order valence-electron chi connectivity index (χ1n) is 11.5. The van der Waals surface area contributed by atoms with Crippen molar-refractivity contribution in [1.82, 2.24) is 30.2 Å². The van der Waals surface area contributed by atoms with E-state index in [2.05, 4.69) is 26.5 Å². The third-order valence-electron chi connectivity index (χ3n) is 8.04. The first-order valence-corrected chi connectivity index (χ1v) is 11.5. The summed E-state index contributed by atoms with van der Waals surface area (Å²) in [7, 11) is 0. The smallest absolute Gasteiger partial charge is 0.270 e. The van der Waals surface area contributed by atoms with Gasteiger partial charge >= 0.3 is 0 Å². The standard InChI is InChI=1S/C25H21N7O2.2H2/c26-8-13-1-3-20-15(5-13)7-23(27-20)25(34)32-11-18-16-9-31(10-17(16)19(18)12-32)24(33)14-2-4-21-22(6-14)29-30-28-21;;/h1-7,16-19,27H,9-12H2,(H,28,29,30);2*1H/t16-,17+,18?,19?;;. The number of fused-ring (bicyclic) bond motifs is 6. The van der Waals surface area contributed by atoms with Gasteiger partial charge in [0.05, 0.1) is 11.6 Å². The lowest BCUT2D eigenvalue weighted by Gasteiger charge is -2.42. The molecule has 9 nitrogen and oxygen atoms in total. The number of likely N-dealkylation sites (tertiary alicyclic amines) is 2. The lowest BCUT2D eigenvalue weighted by atomic mass is 9.60. The minimum absolute atomic E-state index is 0. The molecule has 3 fully saturated rings. The van der Waals surface area contributed by atoms with Crippen LogP contribution in [0.4, 0.5) is 0 Å². The lowest BCUT2D eigenvalue weighted by molar-refractivity contribution is 0.0629. The summed E-state index contributed by atoms with van der Waals surface area (Å²) >= 11 is 0. The van der Waals surface area contributed by atoms with Crippen molar-refractivity contribution < 1.29 is 12.4 Å². The molecule has 172 valence electrons. The number of nitriles is 1. The third-order valence-corrected chi connectivity index (χ3v) is 8.04. The van der Waals surface area contributed by atoms with E-state index in [0.29, 0.717) is 46.0 Å². The molecule has 2 amide bonds. The average molecular weight is 456 g/mol. The van der Waals surface area contributed by atoms with Gasteiger partial charge in [0.15, 0.2) is 0 Å². The fraction of sp³-hybridized carbons (Fsp3) is 0.320. The Morgan fingerprint density at radius 2 is 1.56 bits per heavy atom. The molecule has 2 unspecified atom stereocenters. The van der Waals surface area contributed by atoms with Gasteiger partial charge in [0.25, 0.3) is 11.8 Å². The maximum absolute atomic E-state index is 13.2. The second-order valence-electron chi connectivity index (χ2n) is 9.70. The molecule has 2 saturated heterocycles. The Morgan fingerprint density at radius 3 is 2.26 bits per heavy atom. The molecule has 2 aromatic carbocycles. The van der Waals surface area contributed by atoms with Gasteiger partial charge in [0.1, 0.15) is 16.7 Å². The quantitative estimate of drug-likeness (QED) is 0.481. The molecule has 1 aliphatic carbocycles. The summed E-state index contributed by atoms with van der Waals surface area (Å²) in [6, 6.07) is 14.8. The van der Waals surface area contributed by atoms with E-state index in [0.717, 1.165) is 42.6 Å². The Hall–Kier alpha value is -4.19. The molecule has 34 heavy (non-hydrogen) atoms. The highest BCUT2D eigenvalue weighted by Gasteiger charge is 2.59. The number of carbonyl (C=O) groups excluding carboxylic acids is 2. The van der Waals surface area contributed by atoms with Gasteiger partial charge in [-0.25, -0.2) is 0 Å². The third kappa shape index (κ3) is 2.71. The monoisotopic (exact) mass is 455 g/mol. The molecule has 0 radical (unpaired) electrons. The molecule has 0 spiro atoms. The fourth-order valence-electron chi connectivity index (χ4n) is 6.35. The Morgan fingerprint density at radius 1 is 0.882 bits per heavy atom.